The predicted molar refractivity (Wildman–Crippen MR) is 87.8 cm³/mol. The van der Waals surface area contributed by atoms with E-state index in [0.717, 1.165) is 18.2 Å². The average Bonchev–Trinajstić information content (AvgIpc) is 3.05. The minimum atomic E-state index is -1.34. The second-order valence-corrected chi connectivity index (χ2v) is 8.13. The normalized spacial score (nSPS) is 34.5. The molecule has 5 N–H and O–H groups in total. The lowest BCUT2D eigenvalue weighted by Gasteiger charge is -2.36. The van der Waals surface area contributed by atoms with E-state index in [0.29, 0.717) is 24.7 Å². The van der Waals surface area contributed by atoms with Gasteiger partial charge in [0.2, 0.25) is 0 Å². The molecule has 144 valence electrons. The maximum atomic E-state index is 12.5. The molecule has 1 aromatic rings. The van der Waals surface area contributed by atoms with Crippen LogP contribution >= 0.6 is 0 Å². The van der Waals surface area contributed by atoms with E-state index in [1.165, 1.54) is 0 Å². The fourth-order valence-electron chi connectivity index (χ4n) is 4.16. The summed E-state index contributed by atoms with van der Waals surface area (Å²) < 4.78 is 5.48. The molecule has 0 bridgehead atoms. The van der Waals surface area contributed by atoms with Gasteiger partial charge in [0.15, 0.2) is 11.4 Å². The molecule has 0 aromatic heterocycles. The van der Waals surface area contributed by atoms with E-state index in [4.69, 9.17) is 15.2 Å². The van der Waals surface area contributed by atoms with Crippen LogP contribution in [0.1, 0.15) is 44.0 Å². The molecule has 9 heteroatoms. The fourth-order valence-corrected chi connectivity index (χ4v) is 4.16. The van der Waals surface area contributed by atoms with Crippen molar-refractivity contribution in [2.75, 3.05) is 0 Å². The van der Waals surface area contributed by atoms with Crippen molar-refractivity contribution in [3.05, 3.63) is 34.2 Å². The summed E-state index contributed by atoms with van der Waals surface area (Å²) in [7, 11) is 0. The highest BCUT2D eigenvalue weighted by Crippen LogP contribution is 2.66. The Labute approximate surface area is 150 Å². The zero-order valence-electron chi connectivity index (χ0n) is 14.9. The second kappa shape index (κ2) is 6.24. The van der Waals surface area contributed by atoms with Gasteiger partial charge in [0.1, 0.15) is 6.10 Å². The molecule has 2 fully saturated rings. The van der Waals surface area contributed by atoms with Gasteiger partial charge in [-0.2, -0.15) is 10.5 Å². The molecule has 2 saturated carbocycles. The SMILES string of the molecule is CC1(C)[C@@H]2C[C@@H](OC(=O)c3cc([NH+]([O-])O)cc([NH+]([O-])O)c3)[C@](C)(O)C[C@@H]21. The Balaban J connectivity index is 1.81. The summed E-state index contributed by atoms with van der Waals surface area (Å²) >= 11 is 0. The smallest absolute Gasteiger partial charge is 0.338 e. The van der Waals surface area contributed by atoms with Crippen molar-refractivity contribution < 1.29 is 35.5 Å². The van der Waals surface area contributed by atoms with Crippen LogP contribution in [0.2, 0.25) is 0 Å². The number of esters is 1. The van der Waals surface area contributed by atoms with E-state index in [2.05, 4.69) is 13.8 Å². The lowest BCUT2D eigenvalue weighted by Crippen LogP contribution is -3.00. The zero-order valence-corrected chi connectivity index (χ0v) is 14.9. The standard InChI is InChI=1S/C17H24N2O7/c1-16(2)12-7-14(17(3,21)8-13(12)16)26-15(20)9-4-10(18(22)23)6-11(5-9)19(24)25/h4-6,12-14,18-19,21-22,24H,7-8H2,1-3H3/t12-,13+,14-,17-/m1/s1. The molecule has 9 nitrogen and oxygen atoms in total. The van der Waals surface area contributed by atoms with Gasteiger partial charge in [-0.3, -0.25) is 0 Å². The van der Waals surface area contributed by atoms with Crippen LogP contribution in [0.25, 0.3) is 0 Å². The van der Waals surface area contributed by atoms with Crippen LogP contribution in [-0.4, -0.2) is 33.2 Å². The van der Waals surface area contributed by atoms with E-state index in [1.807, 2.05) is 0 Å². The van der Waals surface area contributed by atoms with Crippen LogP contribution in [-0.2, 0) is 4.74 Å². The first-order valence-corrected chi connectivity index (χ1v) is 8.48. The Morgan fingerprint density at radius 1 is 1.12 bits per heavy atom. The van der Waals surface area contributed by atoms with E-state index in [-0.39, 0.29) is 22.4 Å². The molecule has 2 aliphatic rings. The highest BCUT2D eigenvalue weighted by atomic mass is 16.8. The van der Waals surface area contributed by atoms with Crippen molar-refractivity contribution in [3.8, 4) is 0 Å². The van der Waals surface area contributed by atoms with Gasteiger partial charge in [-0.15, -0.1) is 0 Å². The first kappa shape index (κ1) is 19.2. The molecular formula is C17H24N2O7. The van der Waals surface area contributed by atoms with Gasteiger partial charge in [0.25, 0.3) is 0 Å². The first-order valence-electron chi connectivity index (χ1n) is 8.48. The van der Waals surface area contributed by atoms with Gasteiger partial charge in [-0.05, 0) is 37.0 Å². The Kier molecular flexibility index (Phi) is 4.60. The van der Waals surface area contributed by atoms with E-state index in [9.17, 15) is 20.3 Å². The van der Waals surface area contributed by atoms with Crippen LogP contribution in [0, 0.1) is 27.7 Å². The third kappa shape index (κ3) is 3.35. The number of nitrogens with one attached hydrogen (secondary N) is 2. The Hall–Kier alpha value is -1.59. The van der Waals surface area contributed by atoms with Crippen LogP contribution in [0.5, 0.6) is 0 Å². The van der Waals surface area contributed by atoms with Crippen molar-refractivity contribution in [1.82, 2.24) is 0 Å². The molecule has 26 heavy (non-hydrogen) atoms. The fraction of sp³-hybridized carbons (Fsp3) is 0.588. The Morgan fingerprint density at radius 3 is 2.15 bits per heavy atom. The molecule has 0 radical (unpaired) electrons. The summed E-state index contributed by atoms with van der Waals surface area (Å²) in [6, 6.07) is 3.15. The molecule has 0 spiro atoms. The maximum Gasteiger partial charge on any atom is 0.338 e. The van der Waals surface area contributed by atoms with Crippen LogP contribution < -0.4 is 10.5 Å². The number of hydrogen-bond acceptors (Lipinski definition) is 7. The molecule has 3 rings (SSSR count). The third-order valence-corrected chi connectivity index (χ3v) is 5.99. The molecule has 0 heterocycles. The van der Waals surface area contributed by atoms with Crippen LogP contribution in [0.4, 0.5) is 11.4 Å². The Morgan fingerprint density at radius 2 is 1.65 bits per heavy atom. The van der Waals surface area contributed by atoms with Crippen molar-refractivity contribution in [2.24, 2.45) is 17.3 Å². The van der Waals surface area contributed by atoms with Crippen molar-refractivity contribution in [1.29, 1.82) is 0 Å². The number of ether oxygens (including phenoxy) is 1. The summed E-state index contributed by atoms with van der Waals surface area (Å²) in [6.45, 7) is 5.88. The number of quaternary nitrogens is 2. The first-order chi connectivity index (χ1) is 11.9. The van der Waals surface area contributed by atoms with Gasteiger partial charge in [-0.1, -0.05) is 13.8 Å². The molecule has 2 aliphatic carbocycles. The Bertz CT molecular complexity index is 691. The monoisotopic (exact) mass is 368 g/mol. The van der Waals surface area contributed by atoms with Crippen molar-refractivity contribution >= 4 is 17.3 Å². The molecule has 2 unspecified atom stereocenters. The van der Waals surface area contributed by atoms with Gasteiger partial charge < -0.3 is 20.3 Å². The predicted octanol–water partition coefficient (Wildman–Crippen LogP) is -0.164. The topological polar surface area (TPSA) is 142 Å². The van der Waals surface area contributed by atoms with Gasteiger partial charge in [0.05, 0.1) is 17.2 Å². The summed E-state index contributed by atoms with van der Waals surface area (Å²) in [6.07, 6.45) is 0.332. The number of aliphatic hydroxyl groups is 1. The van der Waals surface area contributed by atoms with E-state index in [1.54, 1.807) is 6.92 Å². The second-order valence-electron chi connectivity index (χ2n) is 8.13. The quantitative estimate of drug-likeness (QED) is 0.367. The zero-order chi connectivity index (χ0) is 19.4. The van der Waals surface area contributed by atoms with E-state index < -0.39 is 28.1 Å². The number of rotatable bonds is 4. The minimum Gasteiger partial charge on any atom is -0.595 e. The molecule has 6 atom stereocenters. The number of fused-ring (bicyclic) bond motifs is 1. The molecule has 0 saturated heterocycles. The summed E-state index contributed by atoms with van der Waals surface area (Å²) in [5.74, 6) is -0.0837. The molecule has 1 aromatic carbocycles. The lowest BCUT2D eigenvalue weighted by molar-refractivity contribution is -0.996. The van der Waals surface area contributed by atoms with Gasteiger partial charge in [-0.25, -0.2) is 15.2 Å². The van der Waals surface area contributed by atoms with E-state index >= 15 is 0 Å². The van der Waals surface area contributed by atoms with Crippen molar-refractivity contribution in [3.63, 3.8) is 0 Å². The minimum absolute atomic E-state index is 0.102. The third-order valence-electron chi connectivity index (χ3n) is 5.99. The highest BCUT2D eigenvalue weighted by Gasteiger charge is 2.64. The molecule has 0 aliphatic heterocycles. The largest absolute Gasteiger partial charge is 0.595 e. The summed E-state index contributed by atoms with van der Waals surface area (Å²) in [5, 5.41) is 48.6. The van der Waals surface area contributed by atoms with Gasteiger partial charge >= 0.3 is 5.97 Å². The molecular weight excluding hydrogens is 344 g/mol. The van der Waals surface area contributed by atoms with Crippen LogP contribution in [0.15, 0.2) is 18.2 Å². The number of benzene rings is 1. The highest BCUT2D eigenvalue weighted by molar-refractivity contribution is 5.91. The van der Waals surface area contributed by atoms with Crippen molar-refractivity contribution in [2.45, 2.75) is 45.3 Å². The van der Waals surface area contributed by atoms with Crippen LogP contribution in [0.3, 0.4) is 0 Å². The lowest BCUT2D eigenvalue weighted by atomic mass is 9.83. The average molecular weight is 368 g/mol. The summed E-state index contributed by atoms with van der Waals surface area (Å²) in [5.41, 5.74) is -1.85. The number of hydrogen-bond donors (Lipinski definition) is 5. The van der Waals surface area contributed by atoms with Gasteiger partial charge in [0, 0.05) is 12.1 Å². The maximum absolute atomic E-state index is 12.5. The molecule has 0 amide bonds. The number of carbonyl (C=O) groups excluding carboxylic acids is 1. The summed E-state index contributed by atoms with van der Waals surface area (Å²) in [4.78, 5) is 12.5. The number of carbonyl (C=O) groups is 1.